The molecule has 4 nitrogen and oxygen atoms in total. The standard InChI is InChI=1S/C30H33NO3/c1-4-8-27-29(24-13-17-26(34-3)18-14-24)31-28(23-11-15-25(33-2)16-12-23)21-30(27,32)20-19-22-9-6-5-7-10-22/h5-7,9-18,27-29,31-32H,4,8,21H2,1-3H3/t27-,28-,29+,30+/m0/s1. The van der Waals surface area contributed by atoms with Crippen molar-refractivity contribution < 1.29 is 14.6 Å². The molecule has 176 valence electrons. The lowest BCUT2D eigenvalue weighted by Crippen LogP contribution is -2.52. The minimum atomic E-state index is -1.15. The molecular weight excluding hydrogens is 422 g/mol. The predicted molar refractivity (Wildman–Crippen MR) is 136 cm³/mol. The highest BCUT2D eigenvalue weighted by molar-refractivity contribution is 5.39. The Balaban J connectivity index is 1.76. The van der Waals surface area contributed by atoms with Gasteiger partial charge in [-0.15, -0.1) is 0 Å². The van der Waals surface area contributed by atoms with Crippen LogP contribution in [0.25, 0.3) is 0 Å². The molecule has 0 saturated carbocycles. The molecule has 0 aromatic heterocycles. The Morgan fingerprint density at radius 2 is 1.47 bits per heavy atom. The quantitative estimate of drug-likeness (QED) is 0.470. The van der Waals surface area contributed by atoms with Crippen molar-refractivity contribution in [3.63, 3.8) is 0 Å². The van der Waals surface area contributed by atoms with Crippen LogP contribution in [0.5, 0.6) is 11.5 Å². The van der Waals surface area contributed by atoms with E-state index < -0.39 is 5.60 Å². The third kappa shape index (κ3) is 5.28. The summed E-state index contributed by atoms with van der Waals surface area (Å²) in [5, 5.41) is 16.0. The summed E-state index contributed by atoms with van der Waals surface area (Å²) >= 11 is 0. The second-order valence-electron chi connectivity index (χ2n) is 8.88. The smallest absolute Gasteiger partial charge is 0.132 e. The van der Waals surface area contributed by atoms with Crippen LogP contribution in [0, 0.1) is 17.8 Å². The summed E-state index contributed by atoms with van der Waals surface area (Å²) in [4.78, 5) is 0. The lowest BCUT2D eigenvalue weighted by molar-refractivity contribution is -0.0318. The number of rotatable bonds is 6. The molecule has 4 heteroatoms. The SMILES string of the molecule is CCC[C@H]1[C@@H](c2ccc(OC)cc2)N[C@H](c2ccc(OC)cc2)C[C@]1(O)C#Cc1ccccc1. The van der Waals surface area contributed by atoms with E-state index >= 15 is 0 Å². The zero-order valence-corrected chi connectivity index (χ0v) is 20.1. The minimum Gasteiger partial charge on any atom is -0.497 e. The van der Waals surface area contributed by atoms with E-state index in [1.165, 1.54) is 0 Å². The van der Waals surface area contributed by atoms with E-state index in [2.05, 4.69) is 48.3 Å². The fraction of sp³-hybridized carbons (Fsp3) is 0.333. The van der Waals surface area contributed by atoms with Crippen LogP contribution < -0.4 is 14.8 Å². The van der Waals surface area contributed by atoms with Gasteiger partial charge in [0.25, 0.3) is 0 Å². The molecule has 0 bridgehead atoms. The summed E-state index contributed by atoms with van der Waals surface area (Å²) in [6.45, 7) is 2.16. The Bertz CT molecular complexity index is 1120. The zero-order valence-electron chi connectivity index (χ0n) is 20.1. The first-order valence-electron chi connectivity index (χ1n) is 11.9. The fourth-order valence-corrected chi connectivity index (χ4v) is 4.88. The van der Waals surface area contributed by atoms with Crippen molar-refractivity contribution in [1.29, 1.82) is 0 Å². The number of nitrogens with one attached hydrogen (secondary N) is 1. The maximum absolute atomic E-state index is 12.1. The Hall–Kier alpha value is -3.26. The van der Waals surface area contributed by atoms with Crippen molar-refractivity contribution in [1.82, 2.24) is 5.32 Å². The van der Waals surface area contributed by atoms with Crippen LogP contribution in [0.1, 0.15) is 55.0 Å². The van der Waals surface area contributed by atoms with Crippen molar-refractivity contribution in [3.8, 4) is 23.3 Å². The lowest BCUT2D eigenvalue weighted by atomic mass is 9.69. The van der Waals surface area contributed by atoms with Gasteiger partial charge in [0.05, 0.1) is 14.2 Å². The van der Waals surface area contributed by atoms with E-state index in [4.69, 9.17) is 9.47 Å². The lowest BCUT2D eigenvalue weighted by Gasteiger charge is -2.46. The molecule has 0 aliphatic carbocycles. The molecule has 1 saturated heterocycles. The molecule has 1 heterocycles. The summed E-state index contributed by atoms with van der Waals surface area (Å²) < 4.78 is 10.7. The average molecular weight is 456 g/mol. The second-order valence-corrected chi connectivity index (χ2v) is 8.88. The molecule has 1 fully saturated rings. The molecule has 4 rings (SSSR count). The summed E-state index contributed by atoms with van der Waals surface area (Å²) in [6, 6.07) is 26.0. The average Bonchev–Trinajstić information content (AvgIpc) is 2.89. The fourth-order valence-electron chi connectivity index (χ4n) is 4.88. The number of piperidine rings is 1. The topological polar surface area (TPSA) is 50.7 Å². The van der Waals surface area contributed by atoms with E-state index in [1.807, 2.05) is 54.6 Å². The van der Waals surface area contributed by atoms with Crippen LogP contribution >= 0.6 is 0 Å². The van der Waals surface area contributed by atoms with Gasteiger partial charge in [0.2, 0.25) is 0 Å². The first-order chi connectivity index (χ1) is 16.6. The van der Waals surface area contributed by atoms with Crippen molar-refractivity contribution in [3.05, 3.63) is 95.6 Å². The van der Waals surface area contributed by atoms with Gasteiger partial charge >= 0.3 is 0 Å². The molecule has 1 aliphatic heterocycles. The molecule has 0 radical (unpaired) electrons. The van der Waals surface area contributed by atoms with Crippen molar-refractivity contribution in [2.24, 2.45) is 5.92 Å². The molecule has 0 spiro atoms. The van der Waals surface area contributed by atoms with Crippen LogP contribution in [0.3, 0.4) is 0 Å². The summed E-state index contributed by atoms with van der Waals surface area (Å²) in [7, 11) is 3.34. The number of hydrogen-bond acceptors (Lipinski definition) is 4. The molecule has 0 amide bonds. The van der Waals surface area contributed by atoms with Gasteiger partial charge in [-0.25, -0.2) is 0 Å². The normalized spacial score (nSPS) is 24.1. The van der Waals surface area contributed by atoms with Crippen LogP contribution in [-0.2, 0) is 0 Å². The Morgan fingerprint density at radius 3 is 2.03 bits per heavy atom. The van der Waals surface area contributed by atoms with E-state index in [0.717, 1.165) is 41.0 Å². The monoisotopic (exact) mass is 455 g/mol. The van der Waals surface area contributed by atoms with E-state index in [1.54, 1.807) is 14.2 Å². The molecule has 4 atom stereocenters. The van der Waals surface area contributed by atoms with Gasteiger partial charge in [-0.3, -0.25) is 0 Å². The third-order valence-corrected chi connectivity index (χ3v) is 6.70. The van der Waals surface area contributed by atoms with Crippen LogP contribution in [0.4, 0.5) is 0 Å². The summed E-state index contributed by atoms with van der Waals surface area (Å²) in [5.74, 6) is 8.14. The van der Waals surface area contributed by atoms with E-state index in [-0.39, 0.29) is 18.0 Å². The summed E-state index contributed by atoms with van der Waals surface area (Å²) in [5.41, 5.74) is 1.99. The molecule has 1 aliphatic rings. The minimum absolute atomic E-state index is 0.0539. The molecular formula is C30H33NO3. The summed E-state index contributed by atoms with van der Waals surface area (Å²) in [6.07, 6.45) is 2.33. The highest BCUT2D eigenvalue weighted by Crippen LogP contribution is 2.45. The van der Waals surface area contributed by atoms with Crippen LogP contribution in [0.15, 0.2) is 78.9 Å². The number of methoxy groups -OCH3 is 2. The Kier molecular flexibility index (Phi) is 7.57. The van der Waals surface area contributed by atoms with Gasteiger partial charge in [0, 0.05) is 30.0 Å². The van der Waals surface area contributed by atoms with Gasteiger partial charge < -0.3 is 19.9 Å². The van der Waals surface area contributed by atoms with Gasteiger partial charge in [-0.2, -0.15) is 0 Å². The molecule has 3 aromatic carbocycles. The predicted octanol–water partition coefficient (Wildman–Crippen LogP) is 5.68. The van der Waals surface area contributed by atoms with Gasteiger partial charge in [0.1, 0.15) is 17.1 Å². The first-order valence-corrected chi connectivity index (χ1v) is 11.9. The van der Waals surface area contributed by atoms with Gasteiger partial charge in [-0.05, 0) is 53.9 Å². The maximum Gasteiger partial charge on any atom is 0.132 e. The third-order valence-electron chi connectivity index (χ3n) is 6.70. The number of ether oxygens (including phenoxy) is 2. The zero-order chi connectivity index (χ0) is 24.0. The number of aliphatic hydroxyl groups is 1. The van der Waals surface area contributed by atoms with Gasteiger partial charge in [-0.1, -0.05) is 67.6 Å². The molecule has 0 unspecified atom stereocenters. The number of hydrogen-bond donors (Lipinski definition) is 2. The van der Waals surface area contributed by atoms with Crippen molar-refractivity contribution in [2.75, 3.05) is 14.2 Å². The van der Waals surface area contributed by atoms with Crippen LogP contribution in [-0.4, -0.2) is 24.9 Å². The maximum atomic E-state index is 12.1. The highest BCUT2D eigenvalue weighted by atomic mass is 16.5. The highest BCUT2D eigenvalue weighted by Gasteiger charge is 2.47. The van der Waals surface area contributed by atoms with Crippen molar-refractivity contribution in [2.45, 2.75) is 43.9 Å². The second kappa shape index (κ2) is 10.8. The van der Waals surface area contributed by atoms with Crippen LogP contribution in [0.2, 0.25) is 0 Å². The Labute approximate surface area is 202 Å². The molecule has 34 heavy (non-hydrogen) atoms. The largest absolute Gasteiger partial charge is 0.497 e. The van der Waals surface area contributed by atoms with Gasteiger partial charge in [0.15, 0.2) is 0 Å². The molecule has 2 N–H and O–H groups in total. The molecule has 3 aromatic rings. The van der Waals surface area contributed by atoms with E-state index in [9.17, 15) is 5.11 Å². The first kappa shape index (κ1) is 23.9. The van der Waals surface area contributed by atoms with Crippen molar-refractivity contribution >= 4 is 0 Å². The number of benzene rings is 3. The Morgan fingerprint density at radius 1 is 0.882 bits per heavy atom. The van der Waals surface area contributed by atoms with E-state index in [0.29, 0.717) is 6.42 Å².